The number of nitrogens with one attached hydrogen (secondary N) is 1. The zero-order valence-electron chi connectivity index (χ0n) is 36.2. The molecule has 0 amide bonds. The van der Waals surface area contributed by atoms with Crippen molar-refractivity contribution in [3.8, 4) is 28.4 Å². The van der Waals surface area contributed by atoms with Crippen LogP contribution in [0.4, 0.5) is 11.6 Å². The number of hydrogen-bond acceptors (Lipinski definition) is 11. The molecule has 0 spiro atoms. The number of anilines is 2. The van der Waals surface area contributed by atoms with Gasteiger partial charge in [-0.05, 0) is 55.7 Å². The van der Waals surface area contributed by atoms with Crippen LogP contribution in [0.1, 0.15) is 40.2 Å². The van der Waals surface area contributed by atoms with Gasteiger partial charge in [0.2, 0.25) is 0 Å². The Hall–Kier alpha value is -4.20. The molecule has 14 nitrogen and oxygen atoms in total. The molecule has 0 aliphatic carbocycles. The van der Waals surface area contributed by atoms with Crippen LogP contribution in [0.2, 0.25) is 43.8 Å². The van der Waals surface area contributed by atoms with Crippen LogP contribution < -0.4 is 15.6 Å². The molecule has 5 heterocycles. The van der Waals surface area contributed by atoms with Crippen LogP contribution in [-0.2, 0) is 27.7 Å². The normalized spacial score (nSPS) is 14.9. The van der Waals surface area contributed by atoms with Gasteiger partial charge in [-0.15, -0.1) is 0 Å². The highest BCUT2D eigenvalue weighted by Gasteiger charge is 2.37. The second-order valence-electron chi connectivity index (χ2n) is 18.0. The summed E-state index contributed by atoms with van der Waals surface area (Å²) in [7, 11) is -1.42. The lowest BCUT2D eigenvalue weighted by Gasteiger charge is -2.36. The predicted molar refractivity (Wildman–Crippen MR) is 236 cm³/mol. The lowest BCUT2D eigenvalue weighted by molar-refractivity contribution is 0.0322. The number of nitrogens with zero attached hydrogens (tertiary/aromatic N) is 8. The first kappa shape index (κ1) is 43.4. The summed E-state index contributed by atoms with van der Waals surface area (Å²) in [6, 6.07) is 13.0. The Kier molecular flexibility index (Phi) is 13.7. The van der Waals surface area contributed by atoms with Crippen LogP contribution in [0.15, 0.2) is 59.8 Å². The Morgan fingerprint density at radius 1 is 0.983 bits per heavy atom. The van der Waals surface area contributed by atoms with Gasteiger partial charge in [0, 0.05) is 83.6 Å². The van der Waals surface area contributed by atoms with Crippen LogP contribution >= 0.6 is 0 Å². The van der Waals surface area contributed by atoms with Crippen molar-refractivity contribution in [3.05, 3.63) is 65.3 Å². The minimum atomic E-state index is -1.92. The third-order valence-electron chi connectivity index (χ3n) is 11.3. The first-order valence-corrected chi connectivity index (χ1v) is 27.1. The molecule has 0 bridgehead atoms. The monoisotopic (exact) mass is 829 g/mol. The molecule has 1 N–H and O–H groups in total. The Bertz CT molecular complexity index is 2200. The van der Waals surface area contributed by atoms with E-state index in [4.69, 9.17) is 33.7 Å². The van der Waals surface area contributed by atoms with Gasteiger partial charge in [-0.1, -0.05) is 52.5 Å². The highest BCUT2D eigenvalue weighted by atomic mass is 28.4. The van der Waals surface area contributed by atoms with Crippen molar-refractivity contribution in [2.24, 2.45) is 7.05 Å². The van der Waals surface area contributed by atoms with Crippen molar-refractivity contribution in [2.45, 2.75) is 90.7 Å². The van der Waals surface area contributed by atoms with Crippen LogP contribution in [-0.4, -0.2) is 108 Å². The van der Waals surface area contributed by atoms with Crippen LogP contribution in [0.5, 0.6) is 5.75 Å². The van der Waals surface area contributed by atoms with E-state index >= 15 is 0 Å². The highest BCUT2D eigenvalue weighted by Crippen LogP contribution is 2.37. The standard InChI is InChI=1S/C42H63N9O5Si2/c1-31(15-20-56-58(9,10)42(2,3)4)51-36-27-38(44-28-34(36)39(47-51)32-12-11-13-33(26-32)55-23-19-49-17-21-53-22-18-49)45-37-14-16-43-40(46-37)35-29-50(48(5)41(35)52)30-54-24-25-57(6,7)8/h11-14,16,26-29,31H,15,17-25,30H2,1-10H3,(H,43,44,45,46)/t31-/m0/s1. The number of rotatable bonds is 18. The molecule has 1 fully saturated rings. The van der Waals surface area contributed by atoms with E-state index in [-0.39, 0.29) is 23.4 Å². The lowest BCUT2D eigenvalue weighted by Crippen LogP contribution is -2.41. The summed E-state index contributed by atoms with van der Waals surface area (Å²) in [5.74, 6) is 2.23. The van der Waals surface area contributed by atoms with E-state index in [1.165, 1.54) is 4.68 Å². The van der Waals surface area contributed by atoms with Gasteiger partial charge < -0.3 is 24.0 Å². The van der Waals surface area contributed by atoms with Crippen molar-refractivity contribution in [3.63, 3.8) is 0 Å². The van der Waals surface area contributed by atoms with Crippen molar-refractivity contribution in [1.82, 2.24) is 39.0 Å². The number of fused-ring (bicyclic) bond motifs is 1. The fourth-order valence-electron chi connectivity index (χ4n) is 6.41. The van der Waals surface area contributed by atoms with Gasteiger partial charge in [-0.2, -0.15) is 5.10 Å². The number of morpholine rings is 1. The molecule has 1 aliphatic rings. The van der Waals surface area contributed by atoms with Crippen LogP contribution in [0.25, 0.3) is 33.5 Å². The summed E-state index contributed by atoms with van der Waals surface area (Å²) < 4.78 is 29.6. The largest absolute Gasteiger partial charge is 0.492 e. The summed E-state index contributed by atoms with van der Waals surface area (Å²) in [6.07, 6.45) is 6.06. The highest BCUT2D eigenvalue weighted by molar-refractivity contribution is 6.76. The Morgan fingerprint density at radius 3 is 2.50 bits per heavy atom. The van der Waals surface area contributed by atoms with E-state index < -0.39 is 16.4 Å². The average Bonchev–Trinajstić information content (AvgIpc) is 3.69. The van der Waals surface area contributed by atoms with E-state index in [2.05, 4.69) is 92.4 Å². The molecular weight excluding hydrogens is 767 g/mol. The van der Waals surface area contributed by atoms with Gasteiger partial charge in [-0.3, -0.25) is 23.7 Å². The average molecular weight is 830 g/mol. The second kappa shape index (κ2) is 18.4. The first-order valence-electron chi connectivity index (χ1n) is 20.5. The van der Waals surface area contributed by atoms with E-state index in [9.17, 15) is 4.79 Å². The van der Waals surface area contributed by atoms with Crippen molar-refractivity contribution >= 4 is 38.9 Å². The zero-order valence-corrected chi connectivity index (χ0v) is 38.2. The maximum absolute atomic E-state index is 13.3. The van der Waals surface area contributed by atoms with Crippen LogP contribution in [0.3, 0.4) is 0 Å². The van der Waals surface area contributed by atoms with E-state index in [1.54, 1.807) is 30.2 Å². The van der Waals surface area contributed by atoms with E-state index in [1.807, 2.05) is 24.4 Å². The van der Waals surface area contributed by atoms with Gasteiger partial charge in [-0.25, -0.2) is 15.0 Å². The van der Waals surface area contributed by atoms with E-state index in [0.29, 0.717) is 42.8 Å². The molecule has 314 valence electrons. The molecule has 0 saturated carbocycles. The molecule has 16 heteroatoms. The number of benzene rings is 1. The molecule has 1 saturated heterocycles. The molecule has 0 radical (unpaired) electrons. The topological polar surface area (TPSA) is 136 Å². The molecule has 5 aromatic rings. The smallest absolute Gasteiger partial charge is 0.277 e. The molecule has 0 unspecified atom stereocenters. The zero-order chi connectivity index (χ0) is 41.7. The lowest BCUT2D eigenvalue weighted by atomic mass is 10.1. The Labute approximate surface area is 345 Å². The Balaban J connectivity index is 1.25. The minimum absolute atomic E-state index is 0.0367. The van der Waals surface area contributed by atoms with Gasteiger partial charge >= 0.3 is 0 Å². The number of hydrogen-bond donors (Lipinski definition) is 1. The van der Waals surface area contributed by atoms with Crippen molar-refractivity contribution in [2.75, 3.05) is 58.0 Å². The summed E-state index contributed by atoms with van der Waals surface area (Å²) in [5.41, 5.74) is 2.92. The summed E-state index contributed by atoms with van der Waals surface area (Å²) in [5, 5.41) is 9.65. The summed E-state index contributed by atoms with van der Waals surface area (Å²) in [4.78, 5) is 29.7. The predicted octanol–water partition coefficient (Wildman–Crippen LogP) is 7.80. The van der Waals surface area contributed by atoms with Crippen molar-refractivity contribution in [1.29, 1.82) is 0 Å². The number of pyridine rings is 1. The summed E-state index contributed by atoms with van der Waals surface area (Å²) in [6.45, 7) is 26.9. The minimum Gasteiger partial charge on any atom is -0.492 e. The molecule has 6 rings (SSSR count). The second-order valence-corrected chi connectivity index (χ2v) is 28.4. The first-order chi connectivity index (χ1) is 27.5. The fraction of sp³-hybridized carbons (Fsp3) is 0.548. The van der Waals surface area contributed by atoms with Crippen molar-refractivity contribution < 1.29 is 18.6 Å². The quantitative estimate of drug-likeness (QED) is 0.0685. The van der Waals surface area contributed by atoms with Gasteiger partial charge in [0.1, 0.15) is 42.0 Å². The van der Waals surface area contributed by atoms with Crippen LogP contribution in [0, 0.1) is 0 Å². The molecule has 1 aromatic carbocycles. The fourth-order valence-corrected chi connectivity index (χ4v) is 8.23. The SMILES string of the molecule is C[C@@H](CCO[Si](C)(C)C(C)(C)C)n1nc(-c2cccc(OCCN3CCOCC3)c2)c2cnc(Nc3ccnc(-c4cn(COCC[Si](C)(C)C)n(C)c4=O)n3)cc21. The number of ether oxygens (including phenoxy) is 3. The molecule has 4 aromatic heterocycles. The molecule has 1 atom stereocenters. The maximum Gasteiger partial charge on any atom is 0.277 e. The van der Waals surface area contributed by atoms with Gasteiger partial charge in [0.25, 0.3) is 5.56 Å². The third kappa shape index (κ3) is 10.9. The molecule has 1 aliphatic heterocycles. The van der Waals surface area contributed by atoms with Gasteiger partial charge in [0.15, 0.2) is 14.1 Å². The number of aromatic nitrogens is 7. The summed E-state index contributed by atoms with van der Waals surface area (Å²) >= 11 is 0. The van der Waals surface area contributed by atoms with Gasteiger partial charge in [0.05, 0.1) is 24.8 Å². The Morgan fingerprint density at radius 2 is 1.76 bits per heavy atom. The van der Waals surface area contributed by atoms with E-state index in [0.717, 1.165) is 73.2 Å². The maximum atomic E-state index is 13.3. The molecule has 58 heavy (non-hydrogen) atoms. The molecular formula is C42H63N9O5Si2. The third-order valence-corrected chi connectivity index (χ3v) is 17.5.